The predicted octanol–water partition coefficient (Wildman–Crippen LogP) is 1.40. The summed E-state index contributed by atoms with van der Waals surface area (Å²) in [4.78, 5) is 22.3. The number of benzene rings is 1. The van der Waals surface area contributed by atoms with Crippen LogP contribution in [0.1, 0.15) is 19.4 Å². The van der Waals surface area contributed by atoms with Crippen LogP contribution in [0.5, 0.6) is 5.75 Å². The average molecular weight is 269 g/mol. The average Bonchev–Trinajstić information content (AvgIpc) is 2.39. The Morgan fingerprint density at radius 2 is 2.00 bits per heavy atom. The summed E-state index contributed by atoms with van der Waals surface area (Å²) in [5.74, 6) is -2.15. The molecule has 1 aromatic carbocycles. The lowest BCUT2D eigenvalue weighted by molar-refractivity contribution is -0.154. The highest BCUT2D eigenvalue weighted by Gasteiger charge is 2.14. The third-order valence-corrected chi connectivity index (χ3v) is 2.21. The van der Waals surface area contributed by atoms with Gasteiger partial charge in [0.1, 0.15) is 0 Å². The molecule has 0 aliphatic heterocycles. The fraction of sp³-hybridized carbons (Fsp3) is 0.385. The largest absolute Gasteiger partial charge is 0.491 e. The summed E-state index contributed by atoms with van der Waals surface area (Å²) in [5.41, 5.74) is 0.526. The van der Waals surface area contributed by atoms with Crippen molar-refractivity contribution in [1.29, 1.82) is 0 Å². The van der Waals surface area contributed by atoms with Crippen molar-refractivity contribution in [3.05, 3.63) is 29.6 Å². The minimum Gasteiger partial charge on any atom is -0.491 e. The van der Waals surface area contributed by atoms with Crippen LogP contribution in [0.3, 0.4) is 0 Å². The first-order chi connectivity index (χ1) is 9.08. The van der Waals surface area contributed by atoms with E-state index < -0.39 is 17.7 Å². The molecule has 1 aromatic rings. The van der Waals surface area contributed by atoms with Crippen LogP contribution in [0.2, 0.25) is 0 Å². The van der Waals surface area contributed by atoms with E-state index in [9.17, 15) is 14.0 Å². The minimum atomic E-state index is -0.950. The van der Waals surface area contributed by atoms with Crippen LogP contribution < -0.4 is 10.1 Å². The first-order valence-corrected chi connectivity index (χ1v) is 5.94. The quantitative estimate of drug-likeness (QED) is 0.648. The molecule has 0 radical (unpaired) electrons. The maximum absolute atomic E-state index is 13.5. The lowest BCUT2D eigenvalue weighted by Crippen LogP contribution is -2.32. The molecule has 5 nitrogen and oxygen atoms in total. The Kier molecular flexibility index (Phi) is 5.78. The van der Waals surface area contributed by atoms with Crippen LogP contribution in [-0.2, 0) is 20.9 Å². The molecule has 1 amide bonds. The SMILES string of the molecule is CCOC(=O)C(=O)NCc1ccc(OCC)c(F)c1. The predicted molar refractivity (Wildman–Crippen MR) is 66.0 cm³/mol. The van der Waals surface area contributed by atoms with Gasteiger partial charge in [-0.15, -0.1) is 0 Å². The number of esters is 1. The van der Waals surface area contributed by atoms with E-state index in [1.807, 2.05) is 0 Å². The molecule has 0 heterocycles. The molecule has 104 valence electrons. The number of ether oxygens (including phenoxy) is 2. The van der Waals surface area contributed by atoms with E-state index in [4.69, 9.17) is 4.74 Å². The molecule has 0 saturated heterocycles. The van der Waals surface area contributed by atoms with Crippen LogP contribution in [-0.4, -0.2) is 25.1 Å². The molecule has 0 spiro atoms. The monoisotopic (exact) mass is 269 g/mol. The fourth-order valence-electron chi connectivity index (χ4n) is 1.38. The standard InChI is InChI=1S/C13H16FNO4/c1-3-18-11-6-5-9(7-10(11)14)8-15-12(16)13(17)19-4-2/h5-7H,3-4,8H2,1-2H3,(H,15,16). The van der Waals surface area contributed by atoms with Gasteiger partial charge in [0.25, 0.3) is 0 Å². The Morgan fingerprint density at radius 1 is 1.26 bits per heavy atom. The molecule has 0 aliphatic rings. The minimum absolute atomic E-state index is 0.0426. The lowest BCUT2D eigenvalue weighted by atomic mass is 10.2. The van der Waals surface area contributed by atoms with Crippen molar-refractivity contribution in [3.63, 3.8) is 0 Å². The topological polar surface area (TPSA) is 64.6 Å². The highest BCUT2D eigenvalue weighted by molar-refractivity contribution is 6.32. The molecule has 6 heteroatoms. The highest BCUT2D eigenvalue weighted by atomic mass is 19.1. The third kappa shape index (κ3) is 4.57. The number of rotatable bonds is 5. The molecule has 19 heavy (non-hydrogen) atoms. The van der Waals surface area contributed by atoms with Crippen LogP contribution >= 0.6 is 0 Å². The van der Waals surface area contributed by atoms with Crippen molar-refractivity contribution >= 4 is 11.9 Å². The fourth-order valence-corrected chi connectivity index (χ4v) is 1.38. The van der Waals surface area contributed by atoms with Gasteiger partial charge in [-0.25, -0.2) is 9.18 Å². The van der Waals surface area contributed by atoms with E-state index in [-0.39, 0.29) is 18.9 Å². The van der Waals surface area contributed by atoms with Gasteiger partial charge in [-0.1, -0.05) is 6.07 Å². The van der Waals surface area contributed by atoms with E-state index in [1.54, 1.807) is 19.9 Å². The van der Waals surface area contributed by atoms with Gasteiger partial charge >= 0.3 is 11.9 Å². The molecule has 1 N–H and O–H groups in total. The van der Waals surface area contributed by atoms with Gasteiger partial charge in [-0.3, -0.25) is 4.79 Å². The van der Waals surface area contributed by atoms with Gasteiger partial charge in [-0.2, -0.15) is 0 Å². The summed E-state index contributed by atoms with van der Waals surface area (Å²) in [6.07, 6.45) is 0. The van der Waals surface area contributed by atoms with E-state index in [0.29, 0.717) is 12.2 Å². The summed E-state index contributed by atoms with van der Waals surface area (Å²) in [6.45, 7) is 3.90. The van der Waals surface area contributed by atoms with E-state index in [2.05, 4.69) is 10.1 Å². The second-order valence-corrected chi connectivity index (χ2v) is 3.60. The van der Waals surface area contributed by atoms with Crippen molar-refractivity contribution in [3.8, 4) is 5.75 Å². The van der Waals surface area contributed by atoms with Crippen LogP contribution in [0, 0.1) is 5.82 Å². The number of hydrogen-bond acceptors (Lipinski definition) is 4. The highest BCUT2D eigenvalue weighted by Crippen LogP contribution is 2.18. The molecular formula is C13H16FNO4. The summed E-state index contributed by atoms with van der Waals surface area (Å²) in [5, 5.41) is 2.34. The van der Waals surface area contributed by atoms with E-state index >= 15 is 0 Å². The van der Waals surface area contributed by atoms with Crippen LogP contribution in [0.25, 0.3) is 0 Å². The number of hydrogen-bond donors (Lipinski definition) is 1. The van der Waals surface area contributed by atoms with Crippen molar-refractivity contribution in [2.75, 3.05) is 13.2 Å². The second kappa shape index (κ2) is 7.35. The Labute approximate surface area is 110 Å². The van der Waals surface area contributed by atoms with Gasteiger partial charge in [0, 0.05) is 6.54 Å². The van der Waals surface area contributed by atoms with Crippen molar-refractivity contribution < 1.29 is 23.5 Å². The van der Waals surface area contributed by atoms with Crippen molar-refractivity contribution in [2.24, 2.45) is 0 Å². The Bertz CT molecular complexity index is 462. The summed E-state index contributed by atoms with van der Waals surface area (Å²) in [7, 11) is 0. The molecule has 0 fully saturated rings. The Balaban J connectivity index is 2.56. The molecule has 0 atom stereocenters. The zero-order valence-electron chi connectivity index (χ0n) is 10.9. The lowest BCUT2D eigenvalue weighted by Gasteiger charge is -2.08. The first kappa shape index (κ1) is 14.9. The molecular weight excluding hydrogens is 253 g/mol. The van der Waals surface area contributed by atoms with Crippen molar-refractivity contribution in [2.45, 2.75) is 20.4 Å². The Hall–Kier alpha value is -2.11. The van der Waals surface area contributed by atoms with Gasteiger partial charge in [0.05, 0.1) is 13.2 Å². The number of halogens is 1. The number of nitrogens with one attached hydrogen (secondary N) is 1. The van der Waals surface area contributed by atoms with Gasteiger partial charge in [0.15, 0.2) is 11.6 Å². The molecule has 0 bridgehead atoms. The zero-order valence-corrected chi connectivity index (χ0v) is 10.9. The molecule has 0 saturated carbocycles. The normalized spacial score (nSPS) is 9.84. The first-order valence-electron chi connectivity index (χ1n) is 5.94. The molecule has 0 aromatic heterocycles. The summed E-state index contributed by atoms with van der Waals surface area (Å²) < 4.78 is 23.1. The second-order valence-electron chi connectivity index (χ2n) is 3.60. The van der Waals surface area contributed by atoms with Crippen LogP contribution in [0.4, 0.5) is 4.39 Å². The maximum Gasteiger partial charge on any atom is 0.396 e. The molecule has 0 aliphatic carbocycles. The smallest absolute Gasteiger partial charge is 0.396 e. The third-order valence-electron chi connectivity index (χ3n) is 2.21. The molecule has 1 rings (SSSR count). The zero-order chi connectivity index (χ0) is 14.3. The number of amides is 1. The number of carbonyl (C=O) groups is 2. The summed E-state index contributed by atoms with van der Waals surface area (Å²) >= 11 is 0. The van der Waals surface area contributed by atoms with Gasteiger partial charge < -0.3 is 14.8 Å². The van der Waals surface area contributed by atoms with E-state index in [1.165, 1.54) is 12.1 Å². The van der Waals surface area contributed by atoms with Crippen LogP contribution in [0.15, 0.2) is 18.2 Å². The van der Waals surface area contributed by atoms with E-state index in [0.717, 1.165) is 0 Å². The van der Waals surface area contributed by atoms with Gasteiger partial charge in [0.2, 0.25) is 0 Å². The summed E-state index contributed by atoms with van der Waals surface area (Å²) in [6, 6.07) is 4.33. The Morgan fingerprint density at radius 3 is 2.58 bits per heavy atom. The molecule has 0 unspecified atom stereocenters. The maximum atomic E-state index is 13.5. The number of carbonyl (C=O) groups excluding carboxylic acids is 2. The van der Waals surface area contributed by atoms with Crippen molar-refractivity contribution in [1.82, 2.24) is 5.32 Å². The van der Waals surface area contributed by atoms with Gasteiger partial charge in [-0.05, 0) is 31.5 Å².